The number of fused-ring (bicyclic) bond motifs is 1. The number of aromatic amines is 1. The number of carbonyl (C=O) groups is 1. The van der Waals surface area contributed by atoms with Crippen molar-refractivity contribution in [2.75, 3.05) is 0 Å². The lowest BCUT2D eigenvalue weighted by atomic mass is 10.0. The van der Waals surface area contributed by atoms with Crippen LogP contribution in [0.2, 0.25) is 0 Å². The maximum atomic E-state index is 12.7. The van der Waals surface area contributed by atoms with Gasteiger partial charge in [0.25, 0.3) is 5.56 Å². The highest BCUT2D eigenvalue weighted by atomic mass is 32.1. The molecule has 130 valence electrons. The summed E-state index contributed by atoms with van der Waals surface area (Å²) in [7, 11) is 0. The molecule has 1 atom stereocenters. The Hall–Kier alpha value is -2.74. The minimum Gasteiger partial charge on any atom is -0.480 e. The van der Waals surface area contributed by atoms with E-state index in [1.807, 2.05) is 13.8 Å². The topological polar surface area (TPSA) is 105 Å². The highest BCUT2D eigenvalue weighted by molar-refractivity contribution is 7.13. The highest BCUT2D eigenvalue weighted by Gasteiger charge is 2.26. The van der Waals surface area contributed by atoms with Crippen molar-refractivity contribution in [3.05, 3.63) is 51.0 Å². The van der Waals surface area contributed by atoms with Crippen molar-refractivity contribution < 1.29 is 9.90 Å². The van der Waals surface area contributed by atoms with Gasteiger partial charge in [0.15, 0.2) is 0 Å². The van der Waals surface area contributed by atoms with Crippen LogP contribution in [0.15, 0.2) is 40.1 Å². The largest absolute Gasteiger partial charge is 0.480 e. The molecule has 25 heavy (non-hydrogen) atoms. The smallest absolute Gasteiger partial charge is 0.327 e. The monoisotopic (exact) mass is 359 g/mol. The van der Waals surface area contributed by atoms with Crippen LogP contribution in [-0.4, -0.2) is 25.0 Å². The predicted octanol–water partition coefficient (Wildman–Crippen LogP) is 2.49. The molecule has 0 spiro atoms. The highest BCUT2D eigenvalue weighted by Crippen LogP contribution is 2.23. The van der Waals surface area contributed by atoms with E-state index in [0.717, 1.165) is 11.5 Å². The summed E-state index contributed by atoms with van der Waals surface area (Å²) in [5.74, 6) is -0.988. The summed E-state index contributed by atoms with van der Waals surface area (Å²) in [4.78, 5) is 43.8. The van der Waals surface area contributed by atoms with Gasteiger partial charge in [-0.2, -0.15) is 0 Å². The van der Waals surface area contributed by atoms with Crippen molar-refractivity contribution in [1.29, 1.82) is 0 Å². The van der Waals surface area contributed by atoms with Gasteiger partial charge in [0.1, 0.15) is 16.3 Å². The van der Waals surface area contributed by atoms with Crippen LogP contribution in [0.3, 0.4) is 0 Å². The molecule has 0 saturated heterocycles. The van der Waals surface area contributed by atoms with Crippen molar-refractivity contribution in [3.63, 3.8) is 0 Å². The number of nitrogens with zero attached hydrogens (tertiary/aromatic N) is 2. The zero-order valence-corrected chi connectivity index (χ0v) is 14.5. The fourth-order valence-corrected chi connectivity index (χ4v) is 3.70. The van der Waals surface area contributed by atoms with Gasteiger partial charge in [0.05, 0.1) is 11.4 Å². The number of aliphatic carboxylic acids is 1. The van der Waals surface area contributed by atoms with Crippen molar-refractivity contribution in [2.45, 2.75) is 26.3 Å². The van der Waals surface area contributed by atoms with Crippen molar-refractivity contribution in [3.8, 4) is 11.4 Å². The van der Waals surface area contributed by atoms with Crippen LogP contribution >= 0.6 is 11.5 Å². The Bertz CT molecular complexity index is 1030. The van der Waals surface area contributed by atoms with E-state index in [-0.39, 0.29) is 21.6 Å². The standard InChI is InChI=1S/C17H17N3O4S/c1-9(2)7-12(17(23)24)20-16(22)14-15(25-20)13(21)8-11(19-14)10-5-3-4-6-18-10/h3-6,8-9,12H,7H2,1-2H3,(H,19,21)(H,23,24). The third kappa shape index (κ3) is 3.25. The molecule has 8 heteroatoms. The Balaban J connectivity index is 2.20. The second-order valence-corrected chi connectivity index (χ2v) is 7.16. The van der Waals surface area contributed by atoms with E-state index >= 15 is 0 Å². The molecule has 0 bridgehead atoms. The van der Waals surface area contributed by atoms with Crippen LogP contribution in [0.4, 0.5) is 0 Å². The van der Waals surface area contributed by atoms with E-state index < -0.39 is 17.6 Å². The summed E-state index contributed by atoms with van der Waals surface area (Å²) < 4.78 is 1.40. The normalized spacial score (nSPS) is 12.6. The number of hydrogen-bond acceptors (Lipinski definition) is 5. The molecule has 0 aliphatic heterocycles. The molecule has 3 aromatic heterocycles. The quantitative estimate of drug-likeness (QED) is 0.728. The van der Waals surface area contributed by atoms with Crippen LogP contribution < -0.4 is 11.0 Å². The van der Waals surface area contributed by atoms with Gasteiger partial charge in [-0.05, 0) is 36.0 Å². The Morgan fingerprint density at radius 3 is 2.72 bits per heavy atom. The molecule has 0 fully saturated rings. The van der Waals surface area contributed by atoms with Gasteiger partial charge in [-0.15, -0.1) is 0 Å². The fourth-order valence-electron chi connectivity index (χ4n) is 2.65. The second kappa shape index (κ2) is 6.64. The first-order valence-electron chi connectivity index (χ1n) is 7.81. The molecule has 3 aromatic rings. The summed E-state index contributed by atoms with van der Waals surface area (Å²) in [6, 6.07) is 5.64. The van der Waals surface area contributed by atoms with Gasteiger partial charge >= 0.3 is 5.97 Å². The molecule has 0 aromatic carbocycles. The molecule has 0 radical (unpaired) electrons. The maximum Gasteiger partial charge on any atom is 0.327 e. The van der Waals surface area contributed by atoms with Gasteiger partial charge in [-0.1, -0.05) is 19.9 Å². The average molecular weight is 359 g/mol. The zero-order valence-electron chi connectivity index (χ0n) is 13.7. The number of carboxylic acids is 1. The fraction of sp³-hybridized carbons (Fsp3) is 0.294. The Morgan fingerprint density at radius 2 is 2.12 bits per heavy atom. The SMILES string of the molecule is CC(C)CC(C(=O)O)n1sc2c(=O)cc(-c3ccccn3)[nH]c2c1=O. The first kappa shape index (κ1) is 17.1. The molecular formula is C17H17N3O4S. The van der Waals surface area contributed by atoms with Crippen LogP contribution in [0.25, 0.3) is 21.6 Å². The van der Waals surface area contributed by atoms with E-state index in [1.54, 1.807) is 24.4 Å². The second-order valence-electron chi connectivity index (χ2n) is 6.17. The number of aromatic nitrogens is 3. The zero-order chi connectivity index (χ0) is 18.1. The van der Waals surface area contributed by atoms with Gasteiger partial charge < -0.3 is 10.1 Å². The first-order valence-corrected chi connectivity index (χ1v) is 8.59. The van der Waals surface area contributed by atoms with E-state index in [2.05, 4.69) is 9.97 Å². The number of rotatable bonds is 5. The number of pyridine rings is 2. The minimum absolute atomic E-state index is 0.0954. The number of nitrogens with one attached hydrogen (secondary N) is 1. The Morgan fingerprint density at radius 1 is 1.36 bits per heavy atom. The van der Waals surface area contributed by atoms with E-state index in [1.165, 1.54) is 10.0 Å². The van der Waals surface area contributed by atoms with Gasteiger partial charge in [0, 0.05) is 12.3 Å². The summed E-state index contributed by atoms with van der Waals surface area (Å²) >= 11 is 0.892. The lowest BCUT2D eigenvalue weighted by molar-refractivity contribution is -0.141. The minimum atomic E-state index is -1.08. The molecular weight excluding hydrogens is 342 g/mol. The van der Waals surface area contributed by atoms with Crippen molar-refractivity contribution in [2.24, 2.45) is 5.92 Å². The van der Waals surface area contributed by atoms with Crippen LogP contribution in [0, 0.1) is 5.92 Å². The Labute approximate surface area is 146 Å². The van der Waals surface area contributed by atoms with Crippen LogP contribution in [0.5, 0.6) is 0 Å². The molecule has 3 rings (SSSR count). The molecule has 2 N–H and O–H groups in total. The van der Waals surface area contributed by atoms with Gasteiger partial charge in [-0.25, -0.2) is 8.75 Å². The Kier molecular flexibility index (Phi) is 4.54. The lowest BCUT2D eigenvalue weighted by Gasteiger charge is -2.14. The average Bonchev–Trinajstić information content (AvgIpc) is 2.90. The molecule has 1 unspecified atom stereocenters. The first-order chi connectivity index (χ1) is 11.9. The molecule has 0 aliphatic rings. The number of H-pyrrole nitrogens is 1. The molecule has 7 nitrogen and oxygen atoms in total. The molecule has 0 amide bonds. The predicted molar refractivity (Wildman–Crippen MR) is 96.1 cm³/mol. The number of carboxylic acid groups (broad SMARTS) is 1. The van der Waals surface area contributed by atoms with E-state index in [4.69, 9.17) is 0 Å². The van der Waals surface area contributed by atoms with Crippen molar-refractivity contribution >= 4 is 27.7 Å². The maximum absolute atomic E-state index is 12.7. The van der Waals surface area contributed by atoms with E-state index in [0.29, 0.717) is 17.8 Å². The summed E-state index contributed by atoms with van der Waals surface area (Å²) in [5, 5.41) is 9.48. The van der Waals surface area contributed by atoms with Crippen LogP contribution in [-0.2, 0) is 4.79 Å². The van der Waals surface area contributed by atoms with Gasteiger partial charge in [-0.3, -0.25) is 14.6 Å². The lowest BCUT2D eigenvalue weighted by Crippen LogP contribution is -2.27. The summed E-state index contributed by atoms with van der Waals surface area (Å²) in [6.07, 6.45) is 1.90. The summed E-state index contributed by atoms with van der Waals surface area (Å²) in [5.41, 5.74) is 0.256. The third-order valence-electron chi connectivity index (χ3n) is 3.79. The van der Waals surface area contributed by atoms with Gasteiger partial charge in [0.2, 0.25) is 5.43 Å². The molecule has 3 heterocycles. The van der Waals surface area contributed by atoms with Crippen molar-refractivity contribution in [1.82, 2.24) is 13.9 Å². The summed E-state index contributed by atoms with van der Waals surface area (Å²) in [6.45, 7) is 3.78. The third-order valence-corrected chi connectivity index (χ3v) is 5.00. The van der Waals surface area contributed by atoms with Crippen LogP contribution in [0.1, 0.15) is 26.3 Å². The van der Waals surface area contributed by atoms with E-state index in [9.17, 15) is 19.5 Å². The number of hydrogen-bond donors (Lipinski definition) is 2. The molecule has 0 saturated carbocycles. The molecule has 0 aliphatic carbocycles.